The summed E-state index contributed by atoms with van der Waals surface area (Å²) in [5.74, 6) is -0.245. The maximum absolute atomic E-state index is 12.4. The largest absolute Gasteiger partial charge is 0.351 e. The molecule has 29 heavy (non-hydrogen) atoms. The lowest BCUT2D eigenvalue weighted by atomic mass is 9.89. The summed E-state index contributed by atoms with van der Waals surface area (Å²) in [6, 6.07) is 9.12. The van der Waals surface area contributed by atoms with Crippen molar-refractivity contribution in [2.45, 2.75) is 49.3 Å². The van der Waals surface area contributed by atoms with E-state index in [4.69, 9.17) is 0 Å². The van der Waals surface area contributed by atoms with Crippen LogP contribution < -0.4 is 5.32 Å². The third kappa shape index (κ3) is 5.32. The normalized spacial score (nSPS) is 13.9. The highest BCUT2D eigenvalue weighted by Crippen LogP contribution is 2.24. The average molecular weight is 435 g/mol. The van der Waals surface area contributed by atoms with E-state index in [1.54, 1.807) is 12.1 Å². The number of thiophene rings is 1. The van der Waals surface area contributed by atoms with Gasteiger partial charge >= 0.3 is 0 Å². The summed E-state index contributed by atoms with van der Waals surface area (Å²) in [5.41, 5.74) is 3.26. The molecule has 0 radical (unpaired) electrons. The van der Waals surface area contributed by atoms with E-state index in [2.05, 4.69) is 5.32 Å². The molecule has 0 unspecified atom stereocenters. The zero-order valence-electron chi connectivity index (χ0n) is 16.7. The summed E-state index contributed by atoms with van der Waals surface area (Å²) in [7, 11) is -0.495. The smallest absolute Gasteiger partial charge is 0.252 e. The third-order valence-electron chi connectivity index (χ3n) is 5.08. The molecule has 1 aromatic heterocycles. The van der Waals surface area contributed by atoms with Gasteiger partial charge in [-0.25, -0.2) is 12.7 Å². The summed E-state index contributed by atoms with van der Waals surface area (Å²) < 4.78 is 25.6. The van der Waals surface area contributed by atoms with Gasteiger partial charge < -0.3 is 5.32 Å². The monoisotopic (exact) mass is 434 g/mol. The molecule has 0 bridgehead atoms. The van der Waals surface area contributed by atoms with Crippen molar-refractivity contribution >= 4 is 33.1 Å². The second kappa shape index (κ2) is 9.19. The van der Waals surface area contributed by atoms with E-state index in [-0.39, 0.29) is 35.3 Å². The third-order valence-corrected chi connectivity index (χ3v) is 8.45. The van der Waals surface area contributed by atoms with E-state index in [9.17, 15) is 18.0 Å². The Labute approximate surface area is 176 Å². The summed E-state index contributed by atoms with van der Waals surface area (Å²) in [6.45, 7) is 0.249. The summed E-state index contributed by atoms with van der Waals surface area (Å²) in [5, 5.41) is 2.76. The number of nitrogens with zero attached hydrogens (tertiary/aromatic N) is 1. The zero-order chi connectivity index (χ0) is 21.0. The van der Waals surface area contributed by atoms with Crippen LogP contribution in [0.3, 0.4) is 0 Å². The molecule has 0 saturated heterocycles. The lowest BCUT2D eigenvalue weighted by molar-refractivity contribution is -0.121. The minimum atomic E-state index is -3.46. The van der Waals surface area contributed by atoms with E-state index in [1.165, 1.54) is 31.6 Å². The Hall–Kier alpha value is -2.03. The first-order valence-corrected chi connectivity index (χ1v) is 12.0. The van der Waals surface area contributed by atoms with Crippen molar-refractivity contribution in [2.75, 3.05) is 14.1 Å². The molecule has 1 aliphatic carbocycles. The van der Waals surface area contributed by atoms with Crippen LogP contribution in [-0.2, 0) is 34.2 Å². The maximum atomic E-state index is 12.4. The van der Waals surface area contributed by atoms with Crippen LogP contribution in [0.15, 0.2) is 34.5 Å². The Kier molecular flexibility index (Phi) is 6.87. The molecule has 1 amide bonds. The van der Waals surface area contributed by atoms with E-state index < -0.39 is 10.0 Å². The molecule has 0 atom stereocenters. The predicted molar refractivity (Wildman–Crippen MR) is 114 cm³/mol. The number of amides is 1. The van der Waals surface area contributed by atoms with E-state index in [1.807, 2.05) is 18.2 Å². The Morgan fingerprint density at radius 3 is 2.48 bits per heavy atom. The molecule has 6 nitrogen and oxygen atoms in total. The van der Waals surface area contributed by atoms with Crippen LogP contribution in [0.5, 0.6) is 0 Å². The molecule has 0 saturated carbocycles. The van der Waals surface area contributed by atoms with Crippen LogP contribution in [0.1, 0.15) is 52.0 Å². The predicted octanol–water partition coefficient (Wildman–Crippen LogP) is 3.16. The van der Waals surface area contributed by atoms with Crippen molar-refractivity contribution in [3.63, 3.8) is 0 Å². The van der Waals surface area contributed by atoms with Crippen LogP contribution in [-0.4, -0.2) is 38.5 Å². The molecule has 156 valence electrons. The number of ketones is 1. The molecular formula is C21H26N2O4S2. The van der Waals surface area contributed by atoms with Crippen molar-refractivity contribution in [3.8, 4) is 0 Å². The van der Waals surface area contributed by atoms with Gasteiger partial charge in [-0.1, -0.05) is 12.1 Å². The Bertz CT molecular complexity index is 1010. The Morgan fingerprint density at radius 1 is 1.03 bits per heavy atom. The van der Waals surface area contributed by atoms with E-state index >= 15 is 0 Å². The summed E-state index contributed by atoms with van der Waals surface area (Å²) in [6.07, 6.45) is 4.73. The standard InChI is InChI=1S/C21H26N2O4S2/c1-23(2)29(26,27)21-12-9-18(28-21)14-22-20(25)11-10-19(24)17-8-7-15-5-3-4-6-16(15)13-17/h7-9,12-13H,3-6,10-11,14H2,1-2H3,(H,22,25). The number of fused-ring (bicyclic) bond motifs is 1. The number of sulfonamides is 1. The van der Waals surface area contributed by atoms with Gasteiger partial charge in [0.1, 0.15) is 4.21 Å². The van der Waals surface area contributed by atoms with Gasteiger partial charge in [0.15, 0.2) is 5.78 Å². The quantitative estimate of drug-likeness (QED) is 0.647. The van der Waals surface area contributed by atoms with Crippen LogP contribution in [0.2, 0.25) is 0 Å². The fraction of sp³-hybridized carbons (Fsp3) is 0.429. The SMILES string of the molecule is CN(C)S(=O)(=O)c1ccc(CNC(=O)CCC(=O)c2ccc3c(c2)CCCC3)s1. The fourth-order valence-corrected chi connectivity index (χ4v) is 5.79. The second-order valence-electron chi connectivity index (χ2n) is 7.40. The van der Waals surface area contributed by atoms with E-state index in [0.29, 0.717) is 5.56 Å². The molecule has 0 fully saturated rings. The summed E-state index contributed by atoms with van der Waals surface area (Å²) >= 11 is 1.13. The number of rotatable bonds is 8. The summed E-state index contributed by atoms with van der Waals surface area (Å²) in [4.78, 5) is 25.3. The van der Waals surface area contributed by atoms with Gasteiger partial charge in [-0.2, -0.15) is 0 Å². The zero-order valence-corrected chi connectivity index (χ0v) is 18.4. The lowest BCUT2D eigenvalue weighted by Crippen LogP contribution is -2.23. The van der Waals surface area contributed by atoms with Gasteiger partial charge in [-0.05, 0) is 55.0 Å². The highest BCUT2D eigenvalue weighted by Gasteiger charge is 2.20. The van der Waals surface area contributed by atoms with Gasteiger partial charge in [0.25, 0.3) is 10.0 Å². The lowest BCUT2D eigenvalue weighted by Gasteiger charge is -2.16. The molecule has 1 N–H and O–H groups in total. The highest BCUT2D eigenvalue weighted by molar-refractivity contribution is 7.91. The molecule has 3 rings (SSSR count). The van der Waals surface area contributed by atoms with Crippen LogP contribution in [0, 0.1) is 0 Å². The van der Waals surface area contributed by atoms with Gasteiger partial charge in [0.2, 0.25) is 5.91 Å². The van der Waals surface area contributed by atoms with Gasteiger partial charge in [-0.15, -0.1) is 11.3 Å². The van der Waals surface area contributed by atoms with Gasteiger partial charge in [0, 0.05) is 37.4 Å². The first-order chi connectivity index (χ1) is 13.8. The van der Waals surface area contributed by atoms with Crippen molar-refractivity contribution in [2.24, 2.45) is 0 Å². The van der Waals surface area contributed by atoms with Gasteiger partial charge in [-0.3, -0.25) is 9.59 Å². The van der Waals surface area contributed by atoms with E-state index in [0.717, 1.165) is 39.8 Å². The van der Waals surface area contributed by atoms with Crippen LogP contribution in [0.25, 0.3) is 0 Å². The molecule has 2 aromatic rings. The Morgan fingerprint density at radius 2 is 1.76 bits per heavy atom. The van der Waals surface area contributed by atoms with Crippen molar-refractivity contribution in [1.82, 2.24) is 9.62 Å². The number of nitrogens with one attached hydrogen (secondary N) is 1. The number of carbonyl (C=O) groups excluding carboxylic acids is 2. The Balaban J connectivity index is 1.49. The number of benzene rings is 1. The van der Waals surface area contributed by atoms with Crippen LogP contribution >= 0.6 is 11.3 Å². The van der Waals surface area contributed by atoms with Crippen LogP contribution in [0.4, 0.5) is 0 Å². The second-order valence-corrected chi connectivity index (χ2v) is 10.9. The molecular weight excluding hydrogens is 408 g/mol. The number of hydrogen-bond donors (Lipinski definition) is 1. The minimum absolute atomic E-state index is 0.0241. The maximum Gasteiger partial charge on any atom is 0.252 e. The fourth-order valence-electron chi connectivity index (χ4n) is 3.32. The molecule has 1 aromatic carbocycles. The molecule has 1 aliphatic rings. The highest BCUT2D eigenvalue weighted by atomic mass is 32.2. The average Bonchev–Trinajstić information content (AvgIpc) is 3.20. The van der Waals surface area contributed by atoms with Crippen molar-refractivity contribution in [1.29, 1.82) is 0 Å². The first kappa shape index (κ1) is 21.7. The molecule has 1 heterocycles. The van der Waals surface area contributed by atoms with Crippen molar-refractivity contribution in [3.05, 3.63) is 51.9 Å². The molecule has 0 aliphatic heterocycles. The van der Waals surface area contributed by atoms with Gasteiger partial charge in [0.05, 0.1) is 6.54 Å². The number of aryl methyl sites for hydroxylation is 2. The first-order valence-electron chi connectivity index (χ1n) is 9.70. The molecule has 0 spiro atoms. The number of Topliss-reactive ketones (excluding diaryl/α,β-unsaturated/α-hetero) is 1. The minimum Gasteiger partial charge on any atom is -0.351 e. The molecule has 8 heteroatoms. The topological polar surface area (TPSA) is 83.6 Å². The number of carbonyl (C=O) groups is 2. The number of hydrogen-bond acceptors (Lipinski definition) is 5. The van der Waals surface area contributed by atoms with Crippen molar-refractivity contribution < 1.29 is 18.0 Å².